The van der Waals surface area contributed by atoms with E-state index in [1.165, 1.54) is 0 Å². The number of aromatic nitrogens is 2. The Bertz CT molecular complexity index is 729. The molecule has 2 rings (SSSR count). The lowest BCUT2D eigenvalue weighted by atomic mass is 9.89. The van der Waals surface area contributed by atoms with Crippen LogP contribution in [0.1, 0.15) is 55.4 Å². The average molecular weight is 345 g/mol. The van der Waals surface area contributed by atoms with Gasteiger partial charge in [0.2, 0.25) is 0 Å². The summed E-state index contributed by atoms with van der Waals surface area (Å²) >= 11 is 0. The minimum atomic E-state index is -0.815. The number of aliphatic hydroxyl groups excluding tert-OH is 1. The molecule has 0 aliphatic heterocycles. The van der Waals surface area contributed by atoms with Gasteiger partial charge in [0.15, 0.2) is 0 Å². The van der Waals surface area contributed by atoms with E-state index >= 15 is 0 Å². The zero-order valence-electron chi connectivity index (χ0n) is 15.7. The van der Waals surface area contributed by atoms with E-state index in [0.29, 0.717) is 5.56 Å². The SMILES string of the molecule is COc1ccc(C(O)C(C)NC(=O)c2cn(C)nc2C(C)(C)C)cc1. The molecule has 2 N–H and O–H groups in total. The molecule has 1 aromatic heterocycles. The summed E-state index contributed by atoms with van der Waals surface area (Å²) in [5.41, 5.74) is 1.74. The van der Waals surface area contributed by atoms with Gasteiger partial charge in [-0.05, 0) is 24.6 Å². The van der Waals surface area contributed by atoms with Crippen molar-refractivity contribution in [3.05, 3.63) is 47.3 Å². The normalized spacial score (nSPS) is 14.0. The van der Waals surface area contributed by atoms with Crippen molar-refractivity contribution in [3.8, 4) is 5.75 Å². The number of benzene rings is 1. The Morgan fingerprint density at radius 3 is 2.40 bits per heavy atom. The van der Waals surface area contributed by atoms with Gasteiger partial charge in [0.1, 0.15) is 5.75 Å². The highest BCUT2D eigenvalue weighted by molar-refractivity contribution is 5.95. The predicted molar refractivity (Wildman–Crippen MR) is 96.8 cm³/mol. The topological polar surface area (TPSA) is 76.4 Å². The minimum Gasteiger partial charge on any atom is -0.497 e. The second-order valence-electron chi connectivity index (χ2n) is 7.30. The molecule has 0 saturated carbocycles. The van der Waals surface area contributed by atoms with Gasteiger partial charge in [-0.2, -0.15) is 5.10 Å². The van der Waals surface area contributed by atoms with Crippen molar-refractivity contribution in [2.75, 3.05) is 7.11 Å². The molecule has 0 fully saturated rings. The molecule has 2 unspecified atom stereocenters. The summed E-state index contributed by atoms with van der Waals surface area (Å²) in [6.07, 6.45) is 0.896. The van der Waals surface area contributed by atoms with Gasteiger partial charge in [0.05, 0.1) is 30.5 Å². The number of amides is 1. The third-order valence-corrected chi connectivity index (χ3v) is 4.07. The summed E-state index contributed by atoms with van der Waals surface area (Å²) in [7, 11) is 3.39. The third-order valence-electron chi connectivity index (χ3n) is 4.07. The van der Waals surface area contributed by atoms with E-state index in [1.54, 1.807) is 56.2 Å². The number of aliphatic hydroxyl groups is 1. The summed E-state index contributed by atoms with van der Waals surface area (Å²) in [5.74, 6) is 0.482. The van der Waals surface area contributed by atoms with Crippen LogP contribution in [-0.4, -0.2) is 33.9 Å². The van der Waals surface area contributed by atoms with E-state index in [4.69, 9.17) is 4.74 Å². The van der Waals surface area contributed by atoms with Gasteiger partial charge in [-0.25, -0.2) is 0 Å². The highest BCUT2D eigenvalue weighted by atomic mass is 16.5. The molecule has 2 atom stereocenters. The zero-order valence-corrected chi connectivity index (χ0v) is 15.7. The second kappa shape index (κ2) is 7.27. The first-order chi connectivity index (χ1) is 11.6. The lowest BCUT2D eigenvalue weighted by Crippen LogP contribution is -2.37. The number of nitrogens with one attached hydrogen (secondary N) is 1. The van der Waals surface area contributed by atoms with Crippen LogP contribution in [0.3, 0.4) is 0 Å². The van der Waals surface area contributed by atoms with Crippen molar-refractivity contribution in [2.24, 2.45) is 7.05 Å². The summed E-state index contributed by atoms with van der Waals surface area (Å²) in [5, 5.41) is 17.8. The molecule has 6 nitrogen and oxygen atoms in total. The van der Waals surface area contributed by atoms with Crippen LogP contribution in [0.5, 0.6) is 5.75 Å². The fourth-order valence-corrected chi connectivity index (χ4v) is 2.66. The Labute approximate surface area is 148 Å². The van der Waals surface area contributed by atoms with Crippen molar-refractivity contribution in [3.63, 3.8) is 0 Å². The summed E-state index contributed by atoms with van der Waals surface area (Å²) in [6, 6.07) is 6.69. The number of carbonyl (C=O) groups excluding carboxylic acids is 1. The van der Waals surface area contributed by atoms with Crippen LogP contribution < -0.4 is 10.1 Å². The van der Waals surface area contributed by atoms with Crippen LogP contribution in [0, 0.1) is 0 Å². The Hall–Kier alpha value is -2.34. The van der Waals surface area contributed by atoms with Crippen LogP contribution >= 0.6 is 0 Å². The van der Waals surface area contributed by atoms with Gasteiger partial charge in [-0.15, -0.1) is 0 Å². The Morgan fingerprint density at radius 1 is 1.28 bits per heavy atom. The second-order valence-corrected chi connectivity index (χ2v) is 7.30. The maximum Gasteiger partial charge on any atom is 0.255 e. The summed E-state index contributed by atoms with van der Waals surface area (Å²) in [6.45, 7) is 7.82. The molecule has 0 spiro atoms. The summed E-state index contributed by atoms with van der Waals surface area (Å²) < 4.78 is 6.76. The number of ether oxygens (including phenoxy) is 1. The van der Waals surface area contributed by atoms with Gasteiger partial charge in [-0.1, -0.05) is 32.9 Å². The van der Waals surface area contributed by atoms with E-state index in [-0.39, 0.29) is 11.3 Å². The van der Waals surface area contributed by atoms with E-state index in [1.807, 2.05) is 20.8 Å². The number of hydrogen-bond donors (Lipinski definition) is 2. The molecule has 25 heavy (non-hydrogen) atoms. The Balaban J connectivity index is 2.14. The minimum absolute atomic E-state index is 0.238. The molecule has 0 radical (unpaired) electrons. The molecule has 1 aromatic carbocycles. The molecule has 0 saturated heterocycles. The maximum atomic E-state index is 12.7. The smallest absolute Gasteiger partial charge is 0.255 e. The van der Waals surface area contributed by atoms with Crippen molar-refractivity contribution in [1.82, 2.24) is 15.1 Å². The number of methoxy groups -OCH3 is 1. The van der Waals surface area contributed by atoms with Crippen molar-refractivity contribution < 1.29 is 14.6 Å². The molecule has 136 valence electrons. The molecule has 1 amide bonds. The van der Waals surface area contributed by atoms with E-state index in [0.717, 1.165) is 17.0 Å². The zero-order chi connectivity index (χ0) is 18.8. The highest BCUT2D eigenvalue weighted by Gasteiger charge is 2.27. The van der Waals surface area contributed by atoms with Crippen LogP contribution in [0.15, 0.2) is 30.5 Å². The number of nitrogens with zero attached hydrogens (tertiary/aromatic N) is 2. The van der Waals surface area contributed by atoms with E-state index in [2.05, 4.69) is 10.4 Å². The van der Waals surface area contributed by atoms with Gasteiger partial charge in [-0.3, -0.25) is 9.48 Å². The third kappa shape index (κ3) is 4.39. The van der Waals surface area contributed by atoms with E-state index in [9.17, 15) is 9.90 Å². The molecular weight excluding hydrogens is 318 g/mol. The summed E-state index contributed by atoms with van der Waals surface area (Å²) in [4.78, 5) is 12.7. The van der Waals surface area contributed by atoms with Crippen LogP contribution in [0.4, 0.5) is 0 Å². The van der Waals surface area contributed by atoms with E-state index < -0.39 is 12.1 Å². The van der Waals surface area contributed by atoms with Gasteiger partial charge in [0, 0.05) is 18.7 Å². The van der Waals surface area contributed by atoms with Gasteiger partial charge in [0.25, 0.3) is 5.91 Å². The number of aryl methyl sites for hydroxylation is 1. The number of carbonyl (C=O) groups is 1. The maximum absolute atomic E-state index is 12.7. The fraction of sp³-hybridized carbons (Fsp3) is 0.474. The van der Waals surface area contributed by atoms with Crippen molar-refractivity contribution in [2.45, 2.75) is 45.3 Å². The monoisotopic (exact) mass is 345 g/mol. The molecule has 0 aliphatic carbocycles. The fourth-order valence-electron chi connectivity index (χ4n) is 2.66. The lowest BCUT2D eigenvalue weighted by Gasteiger charge is -2.22. The van der Waals surface area contributed by atoms with Crippen molar-refractivity contribution >= 4 is 5.91 Å². The quantitative estimate of drug-likeness (QED) is 0.873. The molecule has 1 heterocycles. The lowest BCUT2D eigenvalue weighted by molar-refractivity contribution is 0.0850. The van der Waals surface area contributed by atoms with Gasteiger partial charge >= 0.3 is 0 Å². The Morgan fingerprint density at radius 2 is 1.88 bits per heavy atom. The number of rotatable bonds is 5. The standard InChI is InChI=1S/C19H27N3O3/c1-12(16(23)13-7-9-14(25-6)10-8-13)20-18(24)15-11-22(5)21-17(15)19(2,3)4/h7-12,16,23H,1-6H3,(H,20,24). The predicted octanol–water partition coefficient (Wildman–Crippen LogP) is 2.58. The Kier molecular flexibility index (Phi) is 5.52. The molecule has 2 aromatic rings. The first kappa shape index (κ1) is 19.0. The van der Waals surface area contributed by atoms with Crippen LogP contribution in [0.25, 0.3) is 0 Å². The van der Waals surface area contributed by atoms with Crippen LogP contribution in [0.2, 0.25) is 0 Å². The first-order valence-electron chi connectivity index (χ1n) is 8.30. The van der Waals surface area contributed by atoms with Crippen molar-refractivity contribution in [1.29, 1.82) is 0 Å². The van der Waals surface area contributed by atoms with Gasteiger partial charge < -0.3 is 15.2 Å². The molecule has 6 heteroatoms. The largest absolute Gasteiger partial charge is 0.497 e. The molecule has 0 aliphatic rings. The first-order valence-corrected chi connectivity index (χ1v) is 8.30. The average Bonchev–Trinajstić information content (AvgIpc) is 2.96. The highest BCUT2D eigenvalue weighted by Crippen LogP contribution is 2.25. The number of hydrogen-bond acceptors (Lipinski definition) is 4. The molecular formula is C19H27N3O3. The van der Waals surface area contributed by atoms with Crippen LogP contribution in [-0.2, 0) is 12.5 Å². The molecule has 0 bridgehead atoms.